The van der Waals surface area contributed by atoms with Crippen LogP contribution in [0.5, 0.6) is 0 Å². The minimum atomic E-state index is -0.532. The molecule has 0 saturated heterocycles. The van der Waals surface area contributed by atoms with Crippen LogP contribution in [-0.2, 0) is 0 Å². The van der Waals surface area contributed by atoms with Crippen LogP contribution in [0.3, 0.4) is 0 Å². The summed E-state index contributed by atoms with van der Waals surface area (Å²) in [5, 5.41) is 0. The first-order valence-corrected chi connectivity index (χ1v) is 3.27. The molecule has 11 heavy (non-hydrogen) atoms. The Morgan fingerprint density at radius 3 is 2.18 bits per heavy atom. The van der Waals surface area contributed by atoms with E-state index in [1.807, 2.05) is 0 Å². The summed E-state index contributed by atoms with van der Waals surface area (Å²) < 4.78 is 0. The van der Waals surface area contributed by atoms with Crippen molar-refractivity contribution in [2.45, 2.75) is 6.17 Å². The third kappa shape index (κ3) is 1.60. The second kappa shape index (κ2) is 2.77. The van der Waals surface area contributed by atoms with E-state index < -0.39 is 6.17 Å². The highest BCUT2D eigenvalue weighted by atomic mass is 14.9. The van der Waals surface area contributed by atoms with Crippen LogP contribution < -0.4 is 22.9 Å². The van der Waals surface area contributed by atoms with Gasteiger partial charge in [0.2, 0.25) is 0 Å². The lowest BCUT2D eigenvalue weighted by molar-refractivity contribution is 0.777. The molecule has 4 nitrogen and oxygen atoms in total. The first kappa shape index (κ1) is 7.84. The molecule has 0 heterocycles. The zero-order valence-electron chi connectivity index (χ0n) is 6.12. The lowest BCUT2D eigenvalue weighted by Crippen LogP contribution is -2.21. The third-order valence-corrected chi connectivity index (χ3v) is 1.47. The number of benzene rings is 1. The lowest BCUT2D eigenvalue weighted by atomic mass is 10.1. The van der Waals surface area contributed by atoms with E-state index in [9.17, 15) is 0 Å². The Kier molecular flexibility index (Phi) is 1.98. The largest absolute Gasteiger partial charge is 0.399 e. The van der Waals surface area contributed by atoms with Gasteiger partial charge in [0.1, 0.15) is 0 Å². The molecule has 1 rings (SSSR count). The quantitative estimate of drug-likeness (QED) is 0.329. The minimum Gasteiger partial charge on any atom is -0.399 e. The van der Waals surface area contributed by atoms with Crippen molar-refractivity contribution in [3.8, 4) is 0 Å². The molecule has 8 N–H and O–H groups in total. The average Bonchev–Trinajstić information content (AvgIpc) is 1.85. The van der Waals surface area contributed by atoms with Crippen LogP contribution in [0.25, 0.3) is 0 Å². The van der Waals surface area contributed by atoms with E-state index in [1.165, 1.54) is 0 Å². The highest BCUT2D eigenvalue weighted by Gasteiger charge is 2.03. The van der Waals surface area contributed by atoms with Gasteiger partial charge in [-0.1, -0.05) is 6.07 Å². The molecule has 1 aromatic carbocycles. The predicted octanol–water partition coefficient (Wildman–Crippen LogP) is -0.233. The Labute approximate surface area is 65.2 Å². The van der Waals surface area contributed by atoms with Gasteiger partial charge in [-0.25, -0.2) is 0 Å². The topological polar surface area (TPSA) is 104 Å². The van der Waals surface area contributed by atoms with Crippen LogP contribution in [0.15, 0.2) is 18.2 Å². The smallest absolute Gasteiger partial charge is 0.0804 e. The van der Waals surface area contributed by atoms with Gasteiger partial charge in [-0.15, -0.1) is 0 Å². The van der Waals surface area contributed by atoms with Crippen molar-refractivity contribution in [2.75, 3.05) is 11.5 Å². The van der Waals surface area contributed by atoms with Gasteiger partial charge < -0.3 is 22.9 Å². The monoisotopic (exact) mass is 152 g/mol. The van der Waals surface area contributed by atoms with Crippen LogP contribution >= 0.6 is 0 Å². The van der Waals surface area contributed by atoms with Gasteiger partial charge in [0.15, 0.2) is 0 Å². The van der Waals surface area contributed by atoms with Crippen LogP contribution in [0.1, 0.15) is 11.7 Å². The van der Waals surface area contributed by atoms with E-state index in [-0.39, 0.29) is 0 Å². The molecular formula is C7H12N4. The summed E-state index contributed by atoms with van der Waals surface area (Å²) in [7, 11) is 0. The van der Waals surface area contributed by atoms with E-state index in [4.69, 9.17) is 22.9 Å². The summed E-state index contributed by atoms with van der Waals surface area (Å²) in [6.45, 7) is 0. The van der Waals surface area contributed by atoms with Crippen molar-refractivity contribution in [2.24, 2.45) is 11.5 Å². The summed E-state index contributed by atoms with van der Waals surface area (Å²) >= 11 is 0. The van der Waals surface area contributed by atoms with Crippen LogP contribution in [-0.4, -0.2) is 0 Å². The van der Waals surface area contributed by atoms with Crippen molar-refractivity contribution in [3.05, 3.63) is 23.8 Å². The number of hydrogen-bond donors (Lipinski definition) is 4. The van der Waals surface area contributed by atoms with E-state index >= 15 is 0 Å². The standard InChI is InChI=1S/C7H12N4/c8-4-1-2-5(7(10)11)6(9)3-4/h1-3,7H,8-11H2. The molecule has 0 bridgehead atoms. The van der Waals surface area contributed by atoms with Gasteiger partial charge in [0.25, 0.3) is 0 Å². The zero-order chi connectivity index (χ0) is 8.43. The molecular weight excluding hydrogens is 140 g/mol. The fourth-order valence-electron chi connectivity index (χ4n) is 0.897. The summed E-state index contributed by atoms with van der Waals surface area (Å²) in [5.41, 5.74) is 23.8. The van der Waals surface area contributed by atoms with Crippen molar-refractivity contribution in [1.82, 2.24) is 0 Å². The van der Waals surface area contributed by atoms with Crippen LogP contribution in [0.2, 0.25) is 0 Å². The molecule has 0 radical (unpaired) electrons. The summed E-state index contributed by atoms with van der Waals surface area (Å²) in [6, 6.07) is 5.09. The predicted molar refractivity (Wildman–Crippen MR) is 46.4 cm³/mol. The second-order valence-electron chi connectivity index (χ2n) is 2.41. The maximum Gasteiger partial charge on any atom is 0.0804 e. The lowest BCUT2D eigenvalue weighted by Gasteiger charge is -2.08. The molecule has 0 aliphatic rings. The minimum absolute atomic E-state index is 0.532. The van der Waals surface area contributed by atoms with E-state index in [1.54, 1.807) is 18.2 Å². The zero-order valence-corrected chi connectivity index (χ0v) is 6.12. The van der Waals surface area contributed by atoms with Gasteiger partial charge in [0.05, 0.1) is 6.17 Å². The maximum absolute atomic E-state index is 5.58. The molecule has 0 aliphatic heterocycles. The Morgan fingerprint density at radius 1 is 1.09 bits per heavy atom. The summed E-state index contributed by atoms with van der Waals surface area (Å²) in [5.74, 6) is 0. The van der Waals surface area contributed by atoms with Gasteiger partial charge in [0, 0.05) is 16.9 Å². The van der Waals surface area contributed by atoms with Crippen LogP contribution in [0, 0.1) is 0 Å². The van der Waals surface area contributed by atoms with Crippen molar-refractivity contribution >= 4 is 11.4 Å². The molecule has 0 unspecified atom stereocenters. The SMILES string of the molecule is Nc1ccc(C(N)N)c(N)c1. The highest BCUT2D eigenvalue weighted by molar-refractivity contribution is 5.57. The van der Waals surface area contributed by atoms with Crippen molar-refractivity contribution < 1.29 is 0 Å². The summed E-state index contributed by atoms with van der Waals surface area (Å²) in [6.07, 6.45) is -0.532. The van der Waals surface area contributed by atoms with Gasteiger partial charge in [-0.05, 0) is 12.1 Å². The van der Waals surface area contributed by atoms with Crippen LogP contribution in [0.4, 0.5) is 11.4 Å². The molecule has 0 spiro atoms. The molecule has 0 amide bonds. The van der Waals surface area contributed by atoms with E-state index in [0.29, 0.717) is 11.4 Å². The Hall–Kier alpha value is -1.26. The average molecular weight is 152 g/mol. The number of nitrogen functional groups attached to an aromatic ring is 2. The fraction of sp³-hybridized carbons (Fsp3) is 0.143. The molecule has 1 aromatic rings. The normalized spacial score (nSPS) is 10.5. The van der Waals surface area contributed by atoms with Crippen molar-refractivity contribution in [1.29, 1.82) is 0 Å². The number of anilines is 2. The van der Waals surface area contributed by atoms with E-state index in [0.717, 1.165) is 5.56 Å². The Morgan fingerprint density at radius 2 is 1.73 bits per heavy atom. The van der Waals surface area contributed by atoms with Gasteiger partial charge in [-0.3, -0.25) is 0 Å². The van der Waals surface area contributed by atoms with Crippen molar-refractivity contribution in [3.63, 3.8) is 0 Å². The Bertz CT molecular complexity index is 257. The molecule has 0 aromatic heterocycles. The fourth-order valence-corrected chi connectivity index (χ4v) is 0.897. The molecule has 0 atom stereocenters. The van der Waals surface area contributed by atoms with Gasteiger partial charge in [-0.2, -0.15) is 0 Å². The maximum atomic E-state index is 5.58. The number of rotatable bonds is 1. The number of nitrogens with two attached hydrogens (primary N) is 4. The van der Waals surface area contributed by atoms with Gasteiger partial charge >= 0.3 is 0 Å². The molecule has 4 heteroatoms. The first-order valence-electron chi connectivity index (χ1n) is 3.27. The first-order chi connectivity index (χ1) is 5.11. The highest BCUT2D eigenvalue weighted by Crippen LogP contribution is 2.18. The summed E-state index contributed by atoms with van der Waals surface area (Å²) in [4.78, 5) is 0. The molecule has 60 valence electrons. The van der Waals surface area contributed by atoms with E-state index in [2.05, 4.69) is 0 Å². The molecule has 0 fully saturated rings. The molecule has 0 saturated carbocycles. The Balaban J connectivity index is 3.09. The number of hydrogen-bond acceptors (Lipinski definition) is 4. The third-order valence-electron chi connectivity index (χ3n) is 1.47. The second-order valence-corrected chi connectivity index (χ2v) is 2.41. The molecule has 0 aliphatic carbocycles.